The van der Waals surface area contributed by atoms with Crippen LogP contribution in [-0.4, -0.2) is 38.3 Å². The minimum absolute atomic E-state index is 0.451. The highest BCUT2D eigenvalue weighted by Crippen LogP contribution is 2.20. The van der Waals surface area contributed by atoms with E-state index >= 15 is 0 Å². The van der Waals surface area contributed by atoms with Gasteiger partial charge in [0.2, 0.25) is 0 Å². The zero-order valence-electron chi connectivity index (χ0n) is 11.7. The number of benzene rings is 1. The van der Waals surface area contributed by atoms with Crippen LogP contribution in [0, 0.1) is 0 Å². The van der Waals surface area contributed by atoms with E-state index in [4.69, 9.17) is 4.74 Å². The molecule has 0 spiro atoms. The lowest BCUT2D eigenvalue weighted by Gasteiger charge is -2.27. The number of fused-ring (bicyclic) bond motifs is 1. The lowest BCUT2D eigenvalue weighted by Crippen LogP contribution is -2.33. The minimum atomic E-state index is 0.451. The summed E-state index contributed by atoms with van der Waals surface area (Å²) in [6.45, 7) is 6.11. The summed E-state index contributed by atoms with van der Waals surface area (Å²) in [5, 5.41) is 3.43. The number of likely N-dealkylation sites (N-methyl/N-ethyl adjacent to an activating group) is 1. The Balaban J connectivity index is 2.09. The zero-order valence-corrected chi connectivity index (χ0v) is 11.7. The van der Waals surface area contributed by atoms with Crippen molar-refractivity contribution in [2.75, 3.05) is 27.3 Å². The molecule has 0 amide bonds. The van der Waals surface area contributed by atoms with Gasteiger partial charge >= 0.3 is 0 Å². The Hall–Kier alpha value is -0.900. The van der Waals surface area contributed by atoms with Gasteiger partial charge in [0.15, 0.2) is 0 Å². The minimum Gasteiger partial charge on any atom is -0.383 e. The van der Waals surface area contributed by atoms with E-state index in [0.29, 0.717) is 6.04 Å². The topological polar surface area (TPSA) is 24.5 Å². The molecule has 0 saturated heterocycles. The van der Waals surface area contributed by atoms with Crippen LogP contribution in [0.5, 0.6) is 0 Å². The van der Waals surface area contributed by atoms with Gasteiger partial charge in [-0.25, -0.2) is 0 Å². The van der Waals surface area contributed by atoms with Gasteiger partial charge in [-0.15, -0.1) is 0 Å². The summed E-state index contributed by atoms with van der Waals surface area (Å²) in [4.78, 5) is 2.36. The van der Waals surface area contributed by atoms with Gasteiger partial charge in [-0.05, 0) is 43.6 Å². The Morgan fingerprint density at radius 1 is 1.44 bits per heavy atom. The summed E-state index contributed by atoms with van der Waals surface area (Å²) in [7, 11) is 3.94. The van der Waals surface area contributed by atoms with Crippen molar-refractivity contribution in [1.82, 2.24) is 10.2 Å². The molecular weight excluding hydrogens is 224 g/mol. The largest absolute Gasteiger partial charge is 0.383 e. The molecular formula is C15H24N2O. The molecule has 1 aliphatic heterocycles. The van der Waals surface area contributed by atoms with E-state index in [0.717, 1.165) is 32.7 Å². The third kappa shape index (κ3) is 3.10. The fraction of sp³-hybridized carbons (Fsp3) is 0.600. The quantitative estimate of drug-likeness (QED) is 0.860. The number of hydrogen-bond acceptors (Lipinski definition) is 3. The van der Waals surface area contributed by atoms with Crippen LogP contribution < -0.4 is 5.32 Å². The van der Waals surface area contributed by atoms with E-state index in [1.807, 2.05) is 0 Å². The zero-order chi connectivity index (χ0) is 13.0. The Kier molecular flexibility index (Phi) is 4.75. The van der Waals surface area contributed by atoms with Crippen molar-refractivity contribution >= 4 is 0 Å². The number of nitrogens with one attached hydrogen (secondary N) is 1. The van der Waals surface area contributed by atoms with Gasteiger partial charge in [-0.1, -0.05) is 18.2 Å². The number of ether oxygens (including phenoxy) is 1. The molecule has 1 aliphatic rings. The molecule has 2 rings (SSSR count). The van der Waals surface area contributed by atoms with E-state index in [1.54, 1.807) is 12.7 Å². The molecule has 0 fully saturated rings. The van der Waals surface area contributed by atoms with Crippen molar-refractivity contribution in [2.45, 2.75) is 32.5 Å². The number of hydrogen-bond donors (Lipinski definition) is 1. The molecule has 3 heteroatoms. The van der Waals surface area contributed by atoms with Crippen molar-refractivity contribution in [1.29, 1.82) is 0 Å². The lowest BCUT2D eigenvalue weighted by molar-refractivity contribution is 0.111. The average Bonchev–Trinajstić information content (AvgIpc) is 2.39. The fourth-order valence-corrected chi connectivity index (χ4v) is 2.55. The van der Waals surface area contributed by atoms with Gasteiger partial charge in [0.25, 0.3) is 0 Å². The molecule has 1 aromatic carbocycles. The van der Waals surface area contributed by atoms with Crippen LogP contribution in [0.1, 0.15) is 23.6 Å². The van der Waals surface area contributed by atoms with E-state index in [2.05, 4.69) is 42.4 Å². The highest BCUT2D eigenvalue weighted by atomic mass is 16.5. The van der Waals surface area contributed by atoms with Gasteiger partial charge in [-0.3, -0.25) is 4.90 Å². The molecule has 100 valence electrons. The van der Waals surface area contributed by atoms with Gasteiger partial charge in [0.05, 0.1) is 6.61 Å². The third-order valence-electron chi connectivity index (χ3n) is 3.82. The number of rotatable bonds is 5. The molecule has 1 unspecified atom stereocenters. The van der Waals surface area contributed by atoms with Crippen molar-refractivity contribution < 1.29 is 4.74 Å². The van der Waals surface area contributed by atoms with Crippen LogP contribution in [-0.2, 0) is 24.2 Å². The average molecular weight is 248 g/mol. The smallest absolute Gasteiger partial charge is 0.0615 e. The second-order valence-electron chi connectivity index (χ2n) is 5.20. The first-order valence-corrected chi connectivity index (χ1v) is 6.72. The monoisotopic (exact) mass is 248 g/mol. The van der Waals surface area contributed by atoms with E-state index in [9.17, 15) is 0 Å². The molecule has 3 nitrogen and oxygen atoms in total. The molecule has 1 N–H and O–H groups in total. The van der Waals surface area contributed by atoms with E-state index in [-0.39, 0.29) is 0 Å². The molecule has 0 saturated carbocycles. The summed E-state index contributed by atoms with van der Waals surface area (Å²) in [6.07, 6.45) is 1.15. The highest BCUT2D eigenvalue weighted by molar-refractivity contribution is 5.37. The van der Waals surface area contributed by atoms with Gasteiger partial charge < -0.3 is 10.1 Å². The SMILES string of the molecule is COCC(C)N(C)Cc1cccc2c1CCNC2. The summed E-state index contributed by atoms with van der Waals surface area (Å²) in [6, 6.07) is 7.13. The van der Waals surface area contributed by atoms with Gasteiger partial charge in [-0.2, -0.15) is 0 Å². The predicted molar refractivity (Wildman–Crippen MR) is 74.7 cm³/mol. The fourth-order valence-electron chi connectivity index (χ4n) is 2.55. The van der Waals surface area contributed by atoms with E-state index in [1.165, 1.54) is 11.1 Å². The maximum atomic E-state index is 5.22. The molecule has 0 aromatic heterocycles. The van der Waals surface area contributed by atoms with Crippen molar-refractivity contribution in [3.05, 3.63) is 34.9 Å². The second kappa shape index (κ2) is 6.32. The van der Waals surface area contributed by atoms with Crippen LogP contribution in [0.15, 0.2) is 18.2 Å². The second-order valence-corrected chi connectivity index (χ2v) is 5.20. The standard InChI is InChI=1S/C15H24N2O/c1-12(11-18-3)17(2)10-14-6-4-5-13-9-16-8-7-15(13)14/h4-6,12,16H,7-11H2,1-3H3. The van der Waals surface area contributed by atoms with Crippen LogP contribution in [0.4, 0.5) is 0 Å². The van der Waals surface area contributed by atoms with Crippen LogP contribution in [0.3, 0.4) is 0 Å². The summed E-state index contributed by atoms with van der Waals surface area (Å²) in [5.41, 5.74) is 4.48. The predicted octanol–water partition coefficient (Wildman–Crippen LogP) is 1.80. The van der Waals surface area contributed by atoms with Crippen molar-refractivity contribution in [3.8, 4) is 0 Å². The maximum Gasteiger partial charge on any atom is 0.0615 e. The van der Waals surface area contributed by atoms with Crippen molar-refractivity contribution in [3.63, 3.8) is 0 Å². The van der Waals surface area contributed by atoms with Crippen LogP contribution in [0.2, 0.25) is 0 Å². The van der Waals surface area contributed by atoms with Gasteiger partial charge in [0, 0.05) is 26.2 Å². The molecule has 0 aliphatic carbocycles. The molecule has 1 heterocycles. The molecule has 1 atom stereocenters. The first-order valence-electron chi connectivity index (χ1n) is 6.72. The lowest BCUT2D eigenvalue weighted by atomic mass is 9.95. The van der Waals surface area contributed by atoms with Crippen molar-refractivity contribution in [2.24, 2.45) is 0 Å². The molecule has 0 radical (unpaired) electrons. The third-order valence-corrected chi connectivity index (χ3v) is 3.82. The molecule has 18 heavy (non-hydrogen) atoms. The Bertz CT molecular complexity index is 392. The Morgan fingerprint density at radius 3 is 3.06 bits per heavy atom. The summed E-state index contributed by atoms with van der Waals surface area (Å²) >= 11 is 0. The maximum absolute atomic E-state index is 5.22. The Morgan fingerprint density at radius 2 is 2.28 bits per heavy atom. The highest BCUT2D eigenvalue weighted by Gasteiger charge is 2.15. The number of nitrogens with zero attached hydrogens (tertiary/aromatic N) is 1. The normalized spacial score (nSPS) is 16.7. The number of methoxy groups -OCH3 is 1. The van der Waals surface area contributed by atoms with Crippen LogP contribution >= 0.6 is 0 Å². The van der Waals surface area contributed by atoms with Crippen LogP contribution in [0.25, 0.3) is 0 Å². The first-order chi connectivity index (χ1) is 8.72. The Labute approximate surface area is 110 Å². The molecule has 0 bridgehead atoms. The summed E-state index contributed by atoms with van der Waals surface area (Å²) in [5.74, 6) is 0. The van der Waals surface area contributed by atoms with E-state index < -0.39 is 0 Å². The summed E-state index contributed by atoms with van der Waals surface area (Å²) < 4.78 is 5.22. The first kappa shape index (κ1) is 13.5. The van der Waals surface area contributed by atoms with Gasteiger partial charge in [0.1, 0.15) is 0 Å². The molecule has 1 aromatic rings.